The summed E-state index contributed by atoms with van der Waals surface area (Å²) in [4.78, 5) is 3.84. The summed E-state index contributed by atoms with van der Waals surface area (Å²) in [6.45, 7) is 1.54. The number of hydrogen-bond acceptors (Lipinski definition) is 3. The number of nitrogens with zero attached hydrogens (tertiary/aromatic N) is 1. The molecule has 0 aliphatic carbocycles. The molecular formula is C14H12F3NO2. The second-order valence-corrected chi connectivity index (χ2v) is 4.20. The fourth-order valence-electron chi connectivity index (χ4n) is 1.64. The highest BCUT2D eigenvalue weighted by atomic mass is 19.4. The van der Waals surface area contributed by atoms with Crippen LogP contribution >= 0.6 is 0 Å². The van der Waals surface area contributed by atoms with Crippen molar-refractivity contribution in [1.29, 1.82) is 0 Å². The van der Waals surface area contributed by atoms with Crippen LogP contribution in [0.2, 0.25) is 0 Å². The van der Waals surface area contributed by atoms with Crippen LogP contribution in [-0.2, 0) is 6.18 Å². The number of benzene rings is 1. The van der Waals surface area contributed by atoms with Gasteiger partial charge in [-0.1, -0.05) is 12.1 Å². The van der Waals surface area contributed by atoms with E-state index in [0.717, 1.165) is 6.07 Å². The summed E-state index contributed by atoms with van der Waals surface area (Å²) < 4.78 is 43.6. The van der Waals surface area contributed by atoms with E-state index in [0.29, 0.717) is 5.56 Å². The van der Waals surface area contributed by atoms with Gasteiger partial charge in [0, 0.05) is 12.3 Å². The maximum Gasteiger partial charge on any atom is 0.419 e. The molecule has 0 radical (unpaired) electrons. The average Bonchev–Trinajstić information content (AvgIpc) is 2.38. The van der Waals surface area contributed by atoms with Crippen molar-refractivity contribution in [1.82, 2.24) is 4.98 Å². The van der Waals surface area contributed by atoms with Crippen molar-refractivity contribution in [3.8, 4) is 11.6 Å². The highest BCUT2D eigenvalue weighted by Crippen LogP contribution is 2.37. The maximum absolute atomic E-state index is 12.8. The summed E-state index contributed by atoms with van der Waals surface area (Å²) in [6, 6.07) is 7.86. The van der Waals surface area contributed by atoms with Crippen molar-refractivity contribution < 1.29 is 23.0 Å². The Balaban J connectivity index is 2.33. The Kier molecular flexibility index (Phi) is 3.94. The Labute approximate surface area is 113 Å². The molecule has 1 heterocycles. The second kappa shape index (κ2) is 5.50. The van der Waals surface area contributed by atoms with E-state index in [4.69, 9.17) is 4.74 Å². The molecule has 0 saturated heterocycles. The molecule has 1 aromatic heterocycles. The number of pyridine rings is 1. The second-order valence-electron chi connectivity index (χ2n) is 4.20. The number of halogens is 3. The molecule has 2 rings (SSSR count). The van der Waals surface area contributed by atoms with Crippen LogP contribution in [0.3, 0.4) is 0 Å². The van der Waals surface area contributed by atoms with Gasteiger partial charge in [-0.2, -0.15) is 13.2 Å². The molecule has 0 aliphatic heterocycles. The number of para-hydroxylation sites is 1. The van der Waals surface area contributed by atoms with Crippen molar-refractivity contribution >= 4 is 0 Å². The SMILES string of the molecule is C[C@@H](O)c1ccnc(Oc2ccccc2C(F)(F)F)c1. The predicted molar refractivity (Wildman–Crippen MR) is 66.4 cm³/mol. The number of aliphatic hydroxyl groups excluding tert-OH is 1. The molecular weight excluding hydrogens is 271 g/mol. The van der Waals surface area contributed by atoms with Gasteiger partial charge in [0.1, 0.15) is 5.75 Å². The van der Waals surface area contributed by atoms with Crippen molar-refractivity contribution in [3.63, 3.8) is 0 Å². The van der Waals surface area contributed by atoms with Crippen LogP contribution in [-0.4, -0.2) is 10.1 Å². The molecule has 0 saturated carbocycles. The Morgan fingerprint density at radius 3 is 2.55 bits per heavy atom. The van der Waals surface area contributed by atoms with Gasteiger partial charge in [-0.25, -0.2) is 4.98 Å². The third kappa shape index (κ3) is 3.27. The molecule has 106 valence electrons. The minimum absolute atomic E-state index is 0.0000926. The number of aromatic nitrogens is 1. The molecule has 0 spiro atoms. The monoisotopic (exact) mass is 283 g/mol. The Morgan fingerprint density at radius 1 is 1.20 bits per heavy atom. The zero-order valence-electron chi connectivity index (χ0n) is 10.6. The van der Waals surface area contributed by atoms with Crippen LogP contribution in [0.1, 0.15) is 24.2 Å². The first-order chi connectivity index (χ1) is 9.38. The van der Waals surface area contributed by atoms with Crippen LogP contribution in [0, 0.1) is 0 Å². The lowest BCUT2D eigenvalue weighted by atomic mass is 10.2. The molecule has 2 aromatic rings. The van der Waals surface area contributed by atoms with Gasteiger partial charge in [0.2, 0.25) is 5.88 Å². The van der Waals surface area contributed by atoms with Crippen LogP contribution in [0.5, 0.6) is 11.6 Å². The largest absolute Gasteiger partial charge is 0.438 e. The third-order valence-corrected chi connectivity index (χ3v) is 2.65. The van der Waals surface area contributed by atoms with Crippen molar-refractivity contribution in [2.24, 2.45) is 0 Å². The van der Waals surface area contributed by atoms with E-state index in [1.807, 2.05) is 0 Å². The molecule has 20 heavy (non-hydrogen) atoms. The molecule has 0 fully saturated rings. The maximum atomic E-state index is 12.8. The normalized spacial score (nSPS) is 13.1. The fourth-order valence-corrected chi connectivity index (χ4v) is 1.64. The zero-order chi connectivity index (χ0) is 14.8. The number of rotatable bonds is 3. The predicted octanol–water partition coefficient (Wildman–Crippen LogP) is 3.95. The van der Waals surface area contributed by atoms with Crippen molar-refractivity contribution in [2.45, 2.75) is 19.2 Å². The first kappa shape index (κ1) is 14.3. The smallest absolute Gasteiger partial charge is 0.419 e. The van der Waals surface area contributed by atoms with Crippen LogP contribution in [0.25, 0.3) is 0 Å². The van der Waals surface area contributed by atoms with Gasteiger partial charge in [-0.05, 0) is 30.7 Å². The van der Waals surface area contributed by atoms with Crippen molar-refractivity contribution in [3.05, 3.63) is 53.7 Å². The van der Waals surface area contributed by atoms with Crippen LogP contribution in [0.4, 0.5) is 13.2 Å². The molecule has 1 aromatic carbocycles. The molecule has 0 amide bonds. The summed E-state index contributed by atoms with van der Waals surface area (Å²) >= 11 is 0. The van der Waals surface area contributed by atoms with Crippen molar-refractivity contribution in [2.75, 3.05) is 0 Å². The first-order valence-corrected chi connectivity index (χ1v) is 5.86. The summed E-state index contributed by atoms with van der Waals surface area (Å²) in [6.07, 6.45) is -3.88. The minimum Gasteiger partial charge on any atom is -0.438 e. The lowest BCUT2D eigenvalue weighted by Gasteiger charge is -2.13. The third-order valence-electron chi connectivity index (χ3n) is 2.65. The van der Waals surface area contributed by atoms with E-state index in [2.05, 4.69) is 4.98 Å². The standard InChI is InChI=1S/C14H12F3NO2/c1-9(19)10-6-7-18-13(8-10)20-12-5-3-2-4-11(12)14(15,16)17/h2-9,19H,1H3/t9-/m1/s1. The molecule has 3 nitrogen and oxygen atoms in total. The summed E-state index contributed by atoms with van der Waals surface area (Å²) in [5.74, 6) is -0.324. The lowest BCUT2D eigenvalue weighted by molar-refractivity contribution is -0.138. The first-order valence-electron chi connectivity index (χ1n) is 5.86. The topological polar surface area (TPSA) is 42.4 Å². The van der Waals surface area contributed by atoms with Crippen LogP contribution < -0.4 is 4.74 Å². The van der Waals surface area contributed by atoms with E-state index in [9.17, 15) is 18.3 Å². The highest BCUT2D eigenvalue weighted by molar-refractivity contribution is 5.38. The Morgan fingerprint density at radius 2 is 1.90 bits per heavy atom. The van der Waals surface area contributed by atoms with E-state index >= 15 is 0 Å². The minimum atomic E-state index is -4.50. The van der Waals surface area contributed by atoms with E-state index in [-0.39, 0.29) is 11.6 Å². The molecule has 0 aliphatic rings. The van der Waals surface area contributed by atoms with Gasteiger partial charge in [0.15, 0.2) is 0 Å². The molecule has 0 bridgehead atoms. The summed E-state index contributed by atoms with van der Waals surface area (Å²) in [5, 5.41) is 9.43. The van der Waals surface area contributed by atoms with Gasteiger partial charge in [-0.15, -0.1) is 0 Å². The van der Waals surface area contributed by atoms with Gasteiger partial charge < -0.3 is 9.84 Å². The number of hydrogen-bond donors (Lipinski definition) is 1. The Bertz CT molecular complexity index is 597. The van der Waals surface area contributed by atoms with Gasteiger partial charge in [0.25, 0.3) is 0 Å². The van der Waals surface area contributed by atoms with E-state index in [1.165, 1.54) is 30.5 Å². The molecule has 1 atom stereocenters. The number of aliphatic hydroxyl groups is 1. The number of ether oxygens (including phenoxy) is 1. The molecule has 0 unspecified atom stereocenters. The fraction of sp³-hybridized carbons (Fsp3) is 0.214. The van der Waals surface area contributed by atoms with Gasteiger partial charge >= 0.3 is 6.18 Å². The summed E-state index contributed by atoms with van der Waals surface area (Å²) in [5.41, 5.74) is -0.358. The lowest BCUT2D eigenvalue weighted by Crippen LogP contribution is -2.07. The Hall–Kier alpha value is -2.08. The molecule has 1 N–H and O–H groups in total. The van der Waals surface area contributed by atoms with E-state index < -0.39 is 17.8 Å². The van der Waals surface area contributed by atoms with Gasteiger partial charge in [0.05, 0.1) is 11.7 Å². The zero-order valence-corrected chi connectivity index (χ0v) is 10.6. The average molecular weight is 283 g/mol. The summed E-state index contributed by atoms with van der Waals surface area (Å²) in [7, 11) is 0. The number of alkyl halides is 3. The highest BCUT2D eigenvalue weighted by Gasteiger charge is 2.34. The van der Waals surface area contributed by atoms with Crippen LogP contribution in [0.15, 0.2) is 42.6 Å². The quantitative estimate of drug-likeness (QED) is 0.927. The van der Waals surface area contributed by atoms with E-state index in [1.54, 1.807) is 13.0 Å². The molecule has 6 heteroatoms. The van der Waals surface area contributed by atoms with Gasteiger partial charge in [-0.3, -0.25) is 0 Å².